The van der Waals surface area contributed by atoms with Crippen molar-refractivity contribution in [2.45, 2.75) is 64.0 Å². The highest BCUT2D eigenvalue weighted by atomic mass is 16.4. The number of carboxylic acids is 1. The Morgan fingerprint density at radius 3 is 2.48 bits per heavy atom. The monoisotopic (exact) mass is 322 g/mol. The molecular formula is C17H26N2O4. The third-order valence-electron chi connectivity index (χ3n) is 5.75. The van der Waals surface area contributed by atoms with Crippen LogP contribution >= 0.6 is 0 Å². The molecule has 0 bridgehead atoms. The van der Waals surface area contributed by atoms with Gasteiger partial charge in [-0.15, -0.1) is 0 Å². The van der Waals surface area contributed by atoms with Crippen molar-refractivity contribution >= 4 is 17.8 Å². The van der Waals surface area contributed by atoms with E-state index in [1.807, 2.05) is 4.90 Å². The molecule has 2 atom stereocenters. The van der Waals surface area contributed by atoms with E-state index < -0.39 is 12.0 Å². The van der Waals surface area contributed by atoms with Gasteiger partial charge in [-0.25, -0.2) is 4.79 Å². The van der Waals surface area contributed by atoms with E-state index in [1.54, 1.807) is 0 Å². The molecule has 2 saturated heterocycles. The minimum atomic E-state index is -0.932. The Hall–Kier alpha value is -1.59. The van der Waals surface area contributed by atoms with Crippen LogP contribution in [-0.2, 0) is 14.4 Å². The second-order valence-corrected chi connectivity index (χ2v) is 7.39. The highest BCUT2D eigenvalue weighted by molar-refractivity contribution is 5.91. The highest BCUT2D eigenvalue weighted by Gasteiger charge is 2.43. The molecule has 0 aromatic heterocycles. The zero-order valence-electron chi connectivity index (χ0n) is 13.7. The third-order valence-corrected chi connectivity index (χ3v) is 5.75. The Morgan fingerprint density at radius 2 is 1.83 bits per heavy atom. The lowest BCUT2D eigenvalue weighted by Crippen LogP contribution is -2.45. The van der Waals surface area contributed by atoms with Crippen LogP contribution in [0.15, 0.2) is 0 Å². The lowest BCUT2D eigenvalue weighted by molar-refractivity contribution is -0.149. The van der Waals surface area contributed by atoms with Gasteiger partial charge in [0, 0.05) is 25.6 Å². The Bertz CT molecular complexity index is 499. The number of likely N-dealkylation sites (tertiary alicyclic amines) is 2. The summed E-state index contributed by atoms with van der Waals surface area (Å²) in [5, 5.41) is 9.24. The summed E-state index contributed by atoms with van der Waals surface area (Å²) >= 11 is 0. The largest absolute Gasteiger partial charge is 0.480 e. The number of rotatable bonds is 3. The van der Waals surface area contributed by atoms with Crippen LogP contribution in [0.2, 0.25) is 0 Å². The van der Waals surface area contributed by atoms with Crippen LogP contribution in [0.5, 0.6) is 0 Å². The molecule has 1 unspecified atom stereocenters. The number of amides is 2. The van der Waals surface area contributed by atoms with Crippen LogP contribution in [0.25, 0.3) is 0 Å². The van der Waals surface area contributed by atoms with Gasteiger partial charge in [0.1, 0.15) is 6.04 Å². The van der Waals surface area contributed by atoms with E-state index >= 15 is 0 Å². The number of carbonyl (C=O) groups excluding carboxylic acids is 2. The van der Waals surface area contributed by atoms with Gasteiger partial charge in [0.05, 0.1) is 5.92 Å². The summed E-state index contributed by atoms with van der Waals surface area (Å²) in [6.07, 6.45) is 5.82. The molecule has 6 nitrogen and oxygen atoms in total. The molecule has 0 aromatic rings. The maximum atomic E-state index is 12.7. The summed E-state index contributed by atoms with van der Waals surface area (Å²) in [5.74, 6) is -0.647. The maximum Gasteiger partial charge on any atom is 0.326 e. The predicted octanol–water partition coefficient (Wildman–Crippen LogP) is 1.49. The molecule has 3 fully saturated rings. The van der Waals surface area contributed by atoms with Crippen molar-refractivity contribution < 1.29 is 19.5 Å². The second kappa shape index (κ2) is 6.49. The van der Waals surface area contributed by atoms with Crippen LogP contribution in [0.1, 0.15) is 51.9 Å². The van der Waals surface area contributed by atoms with Gasteiger partial charge in [-0.1, -0.05) is 6.92 Å². The number of nitrogens with zero attached hydrogens (tertiary/aromatic N) is 2. The van der Waals surface area contributed by atoms with E-state index in [9.17, 15) is 19.5 Å². The molecule has 2 aliphatic heterocycles. The Labute approximate surface area is 136 Å². The van der Waals surface area contributed by atoms with E-state index in [4.69, 9.17) is 0 Å². The number of carboxylic acid groups (broad SMARTS) is 1. The first kappa shape index (κ1) is 16.3. The summed E-state index contributed by atoms with van der Waals surface area (Å²) < 4.78 is 0. The Morgan fingerprint density at radius 1 is 1.13 bits per heavy atom. The number of hydrogen-bond acceptors (Lipinski definition) is 3. The van der Waals surface area contributed by atoms with Crippen molar-refractivity contribution in [3.05, 3.63) is 0 Å². The minimum absolute atomic E-state index is 0.0639. The second-order valence-electron chi connectivity index (χ2n) is 7.39. The number of carbonyl (C=O) groups is 3. The molecule has 23 heavy (non-hydrogen) atoms. The average Bonchev–Trinajstić information content (AvgIpc) is 3.14. The molecule has 1 saturated carbocycles. The standard InChI is InChI=1S/C17H26N2O4/c1-11-4-6-13(7-5-11)19-10-12(9-15(19)20)16(21)18-8-2-3-14(18)17(22)23/h11-14H,2-10H2,1H3,(H,22,23)/t11?,12?,13?,14-/m0/s1. The first-order valence-corrected chi connectivity index (χ1v) is 8.80. The van der Waals surface area contributed by atoms with Gasteiger partial charge in [0.15, 0.2) is 0 Å². The molecule has 1 N–H and O–H groups in total. The van der Waals surface area contributed by atoms with Crippen molar-refractivity contribution in [3.8, 4) is 0 Å². The normalized spacial score (nSPS) is 34.9. The fourth-order valence-corrected chi connectivity index (χ4v) is 4.33. The average molecular weight is 322 g/mol. The molecule has 128 valence electrons. The van der Waals surface area contributed by atoms with Crippen molar-refractivity contribution in [1.82, 2.24) is 9.80 Å². The molecule has 3 aliphatic rings. The quantitative estimate of drug-likeness (QED) is 0.854. The Balaban J connectivity index is 1.63. The lowest BCUT2D eigenvalue weighted by Gasteiger charge is -2.34. The molecule has 2 amide bonds. The van der Waals surface area contributed by atoms with Gasteiger partial charge in [-0.3, -0.25) is 9.59 Å². The Kier molecular flexibility index (Phi) is 4.60. The van der Waals surface area contributed by atoms with Crippen LogP contribution in [0, 0.1) is 11.8 Å². The first-order chi connectivity index (χ1) is 11.0. The van der Waals surface area contributed by atoms with Crippen LogP contribution in [0.3, 0.4) is 0 Å². The van der Waals surface area contributed by atoms with E-state index in [-0.39, 0.29) is 30.2 Å². The SMILES string of the molecule is CC1CCC(N2CC(C(=O)N3CCC[C@H]3C(=O)O)CC2=O)CC1. The maximum absolute atomic E-state index is 12.7. The zero-order valence-corrected chi connectivity index (χ0v) is 13.7. The molecule has 0 spiro atoms. The van der Waals surface area contributed by atoms with Crippen molar-refractivity contribution in [1.29, 1.82) is 0 Å². The summed E-state index contributed by atoms with van der Waals surface area (Å²) in [6, 6.07) is -0.437. The van der Waals surface area contributed by atoms with E-state index in [0.29, 0.717) is 19.5 Å². The molecule has 3 rings (SSSR count). The number of aliphatic carboxylic acids is 1. The van der Waals surface area contributed by atoms with E-state index in [1.165, 1.54) is 4.90 Å². The molecule has 0 radical (unpaired) electrons. The topological polar surface area (TPSA) is 77.9 Å². The van der Waals surface area contributed by atoms with E-state index in [2.05, 4.69) is 6.92 Å². The van der Waals surface area contributed by atoms with Crippen LogP contribution < -0.4 is 0 Å². The van der Waals surface area contributed by atoms with Crippen molar-refractivity contribution in [3.63, 3.8) is 0 Å². The summed E-state index contributed by atoms with van der Waals surface area (Å²) in [6.45, 7) is 3.22. The molecule has 0 aromatic carbocycles. The highest BCUT2D eigenvalue weighted by Crippen LogP contribution is 2.32. The van der Waals surface area contributed by atoms with Crippen LogP contribution in [-0.4, -0.2) is 57.9 Å². The minimum Gasteiger partial charge on any atom is -0.480 e. The van der Waals surface area contributed by atoms with Gasteiger partial charge < -0.3 is 14.9 Å². The van der Waals surface area contributed by atoms with Gasteiger partial charge >= 0.3 is 5.97 Å². The summed E-state index contributed by atoms with van der Waals surface area (Å²) in [7, 11) is 0. The lowest BCUT2D eigenvalue weighted by atomic mass is 9.86. The zero-order chi connectivity index (χ0) is 16.6. The molecule has 1 aliphatic carbocycles. The smallest absolute Gasteiger partial charge is 0.326 e. The number of hydrogen-bond donors (Lipinski definition) is 1. The molecule has 6 heteroatoms. The van der Waals surface area contributed by atoms with Gasteiger partial charge in [0.2, 0.25) is 11.8 Å². The van der Waals surface area contributed by atoms with Gasteiger partial charge in [-0.05, 0) is 44.4 Å². The summed E-state index contributed by atoms with van der Waals surface area (Å²) in [4.78, 5) is 39.6. The van der Waals surface area contributed by atoms with E-state index in [0.717, 1.165) is 38.0 Å². The third kappa shape index (κ3) is 3.21. The van der Waals surface area contributed by atoms with Gasteiger partial charge in [0.25, 0.3) is 0 Å². The predicted molar refractivity (Wildman–Crippen MR) is 83.6 cm³/mol. The fraction of sp³-hybridized carbons (Fsp3) is 0.824. The molecule has 2 heterocycles. The fourth-order valence-electron chi connectivity index (χ4n) is 4.33. The summed E-state index contributed by atoms with van der Waals surface area (Å²) in [5.41, 5.74) is 0. The van der Waals surface area contributed by atoms with Crippen molar-refractivity contribution in [2.75, 3.05) is 13.1 Å². The molecular weight excluding hydrogens is 296 g/mol. The van der Waals surface area contributed by atoms with Crippen LogP contribution in [0.4, 0.5) is 0 Å². The van der Waals surface area contributed by atoms with Crippen molar-refractivity contribution in [2.24, 2.45) is 11.8 Å². The van der Waals surface area contributed by atoms with Gasteiger partial charge in [-0.2, -0.15) is 0 Å². The first-order valence-electron chi connectivity index (χ1n) is 8.80.